The van der Waals surface area contributed by atoms with E-state index in [2.05, 4.69) is 25.5 Å². The minimum atomic E-state index is -0.607. The van der Waals surface area contributed by atoms with Crippen LogP contribution in [0.15, 0.2) is 39.7 Å². The fourth-order valence-corrected chi connectivity index (χ4v) is 2.20. The quantitative estimate of drug-likeness (QED) is 0.745. The lowest BCUT2D eigenvalue weighted by atomic mass is 10.1. The maximum Gasteiger partial charge on any atom is 0.434 e. The predicted molar refractivity (Wildman–Crippen MR) is 86.5 cm³/mol. The highest BCUT2D eigenvalue weighted by molar-refractivity contribution is 6.30. The third kappa shape index (κ3) is 3.75. The van der Waals surface area contributed by atoms with E-state index in [-0.39, 0.29) is 5.89 Å². The van der Waals surface area contributed by atoms with Gasteiger partial charge in [0.1, 0.15) is 0 Å². The van der Waals surface area contributed by atoms with Crippen molar-refractivity contribution in [2.45, 2.75) is 13.3 Å². The molecule has 0 radical (unpaired) electrons. The van der Waals surface area contributed by atoms with Crippen LogP contribution < -0.4 is 11.1 Å². The van der Waals surface area contributed by atoms with Crippen LogP contribution >= 0.6 is 11.6 Å². The molecule has 0 aliphatic carbocycles. The molecule has 0 bridgehead atoms. The van der Waals surface area contributed by atoms with Crippen LogP contribution in [0.3, 0.4) is 0 Å². The van der Waals surface area contributed by atoms with Gasteiger partial charge in [-0.05, 0) is 31.0 Å². The van der Waals surface area contributed by atoms with Crippen LogP contribution in [0, 0.1) is 6.92 Å². The van der Waals surface area contributed by atoms with Gasteiger partial charge in [-0.15, -0.1) is 5.10 Å². The van der Waals surface area contributed by atoms with E-state index >= 15 is 0 Å². The molecule has 0 aliphatic heterocycles. The number of aryl methyl sites for hydroxylation is 1. The second kappa shape index (κ2) is 6.62. The van der Waals surface area contributed by atoms with E-state index in [4.69, 9.17) is 16.0 Å². The molecule has 2 aromatic heterocycles. The van der Waals surface area contributed by atoms with E-state index in [0.29, 0.717) is 23.8 Å². The largest absolute Gasteiger partial charge is 0.434 e. The van der Waals surface area contributed by atoms with E-state index in [1.165, 1.54) is 5.56 Å². The summed E-state index contributed by atoms with van der Waals surface area (Å²) < 4.78 is 4.91. The van der Waals surface area contributed by atoms with Gasteiger partial charge in [0, 0.05) is 17.8 Å². The summed E-state index contributed by atoms with van der Waals surface area (Å²) in [5.41, 5.74) is 2.42. The average Bonchev–Trinajstić information content (AvgIpc) is 2.96. The topological polar surface area (TPSA) is 96.7 Å². The molecular weight excluding hydrogens is 318 g/mol. The number of aromatic nitrogens is 4. The standard InChI is InChI=1S/C15H14ClN5O2/c1-9-12(13-20-21-15(22)23-13)8-18-14(19-9)17-7-6-10-2-4-11(16)5-3-10/h2-5,8H,6-7H2,1H3,(H,21,22)(H,17,18,19). The van der Waals surface area contributed by atoms with Gasteiger partial charge >= 0.3 is 5.76 Å². The third-order valence-corrected chi connectivity index (χ3v) is 3.51. The van der Waals surface area contributed by atoms with Crippen LogP contribution in [0.5, 0.6) is 0 Å². The Kier molecular flexibility index (Phi) is 4.38. The minimum Gasteiger partial charge on any atom is -0.388 e. The van der Waals surface area contributed by atoms with Crippen LogP contribution in [0.25, 0.3) is 11.5 Å². The molecule has 2 N–H and O–H groups in total. The smallest absolute Gasteiger partial charge is 0.388 e. The first-order valence-corrected chi connectivity index (χ1v) is 7.37. The summed E-state index contributed by atoms with van der Waals surface area (Å²) in [7, 11) is 0. The first kappa shape index (κ1) is 15.2. The first-order chi connectivity index (χ1) is 11.1. The van der Waals surface area contributed by atoms with Crippen molar-refractivity contribution in [2.24, 2.45) is 0 Å². The van der Waals surface area contributed by atoms with Crippen molar-refractivity contribution in [3.63, 3.8) is 0 Å². The molecule has 2 heterocycles. The summed E-state index contributed by atoms with van der Waals surface area (Å²) in [5.74, 6) is 0.0860. The van der Waals surface area contributed by atoms with Crippen LogP contribution in [0.2, 0.25) is 5.02 Å². The van der Waals surface area contributed by atoms with Crippen molar-refractivity contribution in [1.82, 2.24) is 20.2 Å². The molecular formula is C15H14ClN5O2. The third-order valence-electron chi connectivity index (χ3n) is 3.26. The Balaban J connectivity index is 1.64. The zero-order chi connectivity index (χ0) is 16.2. The molecule has 0 amide bonds. The Morgan fingerprint density at radius 2 is 2.09 bits per heavy atom. The lowest BCUT2D eigenvalue weighted by molar-refractivity contribution is 0.526. The molecule has 8 heteroatoms. The van der Waals surface area contributed by atoms with Crippen LogP contribution in [-0.2, 0) is 6.42 Å². The monoisotopic (exact) mass is 331 g/mol. The maximum atomic E-state index is 11.0. The molecule has 0 spiro atoms. The van der Waals surface area contributed by atoms with E-state index < -0.39 is 5.76 Å². The first-order valence-electron chi connectivity index (χ1n) is 6.99. The van der Waals surface area contributed by atoms with Crippen molar-refractivity contribution in [2.75, 3.05) is 11.9 Å². The Labute approximate surface area is 136 Å². The van der Waals surface area contributed by atoms with Crippen LogP contribution in [0.4, 0.5) is 5.95 Å². The molecule has 0 atom stereocenters. The lowest BCUT2D eigenvalue weighted by Gasteiger charge is -2.07. The van der Waals surface area contributed by atoms with Crippen LogP contribution in [0.1, 0.15) is 11.3 Å². The van der Waals surface area contributed by atoms with Crippen LogP contribution in [-0.4, -0.2) is 26.7 Å². The van der Waals surface area contributed by atoms with Crippen molar-refractivity contribution in [1.29, 1.82) is 0 Å². The zero-order valence-corrected chi connectivity index (χ0v) is 13.1. The van der Waals surface area contributed by atoms with Gasteiger partial charge in [-0.2, -0.15) is 0 Å². The molecule has 1 aromatic carbocycles. The van der Waals surface area contributed by atoms with Gasteiger partial charge in [-0.3, -0.25) is 0 Å². The number of nitrogens with one attached hydrogen (secondary N) is 2. The average molecular weight is 332 g/mol. The molecule has 3 rings (SSSR count). The summed E-state index contributed by atoms with van der Waals surface area (Å²) in [6.07, 6.45) is 2.40. The number of benzene rings is 1. The number of rotatable bonds is 5. The van der Waals surface area contributed by atoms with Gasteiger partial charge in [0.25, 0.3) is 5.89 Å². The van der Waals surface area contributed by atoms with E-state index in [1.807, 2.05) is 24.3 Å². The molecule has 23 heavy (non-hydrogen) atoms. The molecule has 0 saturated heterocycles. The molecule has 0 fully saturated rings. The summed E-state index contributed by atoms with van der Waals surface area (Å²) >= 11 is 5.86. The Hall–Kier alpha value is -2.67. The summed E-state index contributed by atoms with van der Waals surface area (Å²) in [6.45, 7) is 2.49. The SMILES string of the molecule is Cc1nc(NCCc2ccc(Cl)cc2)ncc1-c1n[nH]c(=O)o1. The lowest BCUT2D eigenvalue weighted by Crippen LogP contribution is -2.08. The summed E-state index contributed by atoms with van der Waals surface area (Å²) in [4.78, 5) is 19.5. The van der Waals surface area contributed by atoms with Crippen molar-refractivity contribution in [3.8, 4) is 11.5 Å². The zero-order valence-electron chi connectivity index (χ0n) is 12.3. The van der Waals surface area contributed by atoms with Crippen molar-refractivity contribution >= 4 is 17.5 Å². The minimum absolute atomic E-state index is 0.181. The summed E-state index contributed by atoms with van der Waals surface area (Å²) in [6, 6.07) is 7.70. The number of anilines is 1. The van der Waals surface area contributed by atoms with Gasteiger partial charge in [0.2, 0.25) is 5.95 Å². The number of aromatic amines is 1. The van der Waals surface area contributed by atoms with Gasteiger partial charge < -0.3 is 9.73 Å². The van der Waals surface area contributed by atoms with Gasteiger partial charge in [0.15, 0.2) is 0 Å². The number of H-pyrrole nitrogens is 1. The maximum absolute atomic E-state index is 11.0. The molecule has 7 nitrogen and oxygen atoms in total. The second-order valence-electron chi connectivity index (χ2n) is 4.91. The number of hydrogen-bond acceptors (Lipinski definition) is 6. The van der Waals surface area contributed by atoms with Crippen molar-refractivity contribution < 1.29 is 4.42 Å². The predicted octanol–water partition coefficient (Wildman–Crippen LogP) is 2.44. The molecule has 0 aliphatic rings. The normalized spacial score (nSPS) is 10.7. The Bertz CT molecular complexity index is 857. The highest BCUT2D eigenvalue weighted by Gasteiger charge is 2.11. The van der Waals surface area contributed by atoms with Gasteiger partial charge in [-0.25, -0.2) is 19.9 Å². The number of hydrogen-bond donors (Lipinski definition) is 2. The summed E-state index contributed by atoms with van der Waals surface area (Å²) in [5, 5.41) is 9.86. The van der Waals surface area contributed by atoms with E-state index in [9.17, 15) is 4.79 Å². The van der Waals surface area contributed by atoms with Gasteiger partial charge in [0.05, 0.1) is 11.3 Å². The fraction of sp³-hybridized carbons (Fsp3) is 0.200. The van der Waals surface area contributed by atoms with E-state index in [1.54, 1.807) is 13.1 Å². The molecule has 0 saturated carbocycles. The Morgan fingerprint density at radius 1 is 1.30 bits per heavy atom. The van der Waals surface area contributed by atoms with E-state index in [0.717, 1.165) is 11.4 Å². The highest BCUT2D eigenvalue weighted by Crippen LogP contribution is 2.18. The Morgan fingerprint density at radius 3 is 2.74 bits per heavy atom. The molecule has 3 aromatic rings. The highest BCUT2D eigenvalue weighted by atomic mass is 35.5. The fourth-order valence-electron chi connectivity index (χ4n) is 2.08. The number of nitrogens with zero attached hydrogens (tertiary/aromatic N) is 3. The number of halogens is 1. The van der Waals surface area contributed by atoms with Crippen molar-refractivity contribution in [3.05, 3.63) is 57.3 Å². The molecule has 118 valence electrons. The molecule has 0 unspecified atom stereocenters. The second-order valence-corrected chi connectivity index (χ2v) is 5.35. The van der Waals surface area contributed by atoms with Gasteiger partial charge in [-0.1, -0.05) is 23.7 Å².